The number of hydrogen-bond donors (Lipinski definition) is 0. The monoisotopic (exact) mass is 254 g/mol. The smallest absolute Gasteiger partial charge is 0.133 e. The van der Waals surface area contributed by atoms with Gasteiger partial charge in [0, 0.05) is 44.9 Å². The highest BCUT2D eigenvalue weighted by Gasteiger charge is 2.10. The molecule has 0 saturated carbocycles. The molecule has 0 aromatic carbocycles. The van der Waals surface area contributed by atoms with Crippen LogP contribution in [0.4, 0.5) is 0 Å². The Morgan fingerprint density at radius 1 is 0.611 bits per heavy atom. The predicted molar refractivity (Wildman–Crippen MR) is 68.3 cm³/mol. The molecule has 18 heavy (non-hydrogen) atoms. The van der Waals surface area contributed by atoms with Crippen molar-refractivity contribution in [2.45, 2.75) is 65.2 Å². The molecule has 0 amide bonds. The van der Waals surface area contributed by atoms with Gasteiger partial charge in [-0.1, -0.05) is 6.92 Å². The average molecular weight is 254 g/mol. The van der Waals surface area contributed by atoms with Crippen LogP contribution in [0.15, 0.2) is 0 Å². The quantitative estimate of drug-likeness (QED) is 0.568. The van der Waals surface area contributed by atoms with Crippen molar-refractivity contribution in [1.29, 1.82) is 0 Å². The molecule has 0 atom stereocenters. The van der Waals surface area contributed by atoms with Crippen LogP contribution in [0.1, 0.15) is 65.2 Å². The summed E-state index contributed by atoms with van der Waals surface area (Å²) in [6.45, 7) is 3.37. The van der Waals surface area contributed by atoms with E-state index < -0.39 is 0 Å². The third-order valence-corrected chi connectivity index (χ3v) is 2.65. The number of hydrogen-bond acceptors (Lipinski definition) is 4. The van der Waals surface area contributed by atoms with Crippen molar-refractivity contribution in [2.24, 2.45) is 0 Å². The minimum Gasteiger partial charge on any atom is -0.300 e. The molecule has 0 fully saturated rings. The van der Waals surface area contributed by atoms with Gasteiger partial charge in [-0.2, -0.15) is 0 Å². The van der Waals surface area contributed by atoms with Crippen LogP contribution in [0.3, 0.4) is 0 Å². The zero-order valence-electron chi connectivity index (χ0n) is 11.3. The molecule has 0 aliphatic heterocycles. The molecule has 0 saturated heterocycles. The van der Waals surface area contributed by atoms with E-state index in [1.54, 1.807) is 0 Å². The highest BCUT2D eigenvalue weighted by atomic mass is 16.1. The molecular formula is C14H22O4. The van der Waals surface area contributed by atoms with Crippen LogP contribution in [0.25, 0.3) is 0 Å². The van der Waals surface area contributed by atoms with Crippen molar-refractivity contribution in [3.8, 4) is 0 Å². The molecule has 0 aliphatic carbocycles. The summed E-state index contributed by atoms with van der Waals surface area (Å²) < 4.78 is 0. The number of carbonyl (C=O) groups is 4. The summed E-state index contributed by atoms with van der Waals surface area (Å²) in [6, 6.07) is 0. The molecule has 0 spiro atoms. The predicted octanol–water partition coefficient (Wildman–Crippen LogP) is 2.42. The summed E-state index contributed by atoms with van der Waals surface area (Å²) in [5, 5.41) is 0. The van der Waals surface area contributed by atoms with Crippen molar-refractivity contribution in [3.05, 3.63) is 0 Å². The molecule has 4 nitrogen and oxygen atoms in total. The van der Waals surface area contributed by atoms with Crippen LogP contribution in [0.5, 0.6) is 0 Å². The lowest BCUT2D eigenvalue weighted by atomic mass is 10.0. The lowest BCUT2D eigenvalue weighted by Gasteiger charge is -2.00. The second kappa shape index (κ2) is 9.68. The third-order valence-electron chi connectivity index (χ3n) is 2.65. The van der Waals surface area contributed by atoms with Gasteiger partial charge < -0.3 is 4.79 Å². The van der Waals surface area contributed by atoms with Crippen molar-refractivity contribution in [3.63, 3.8) is 0 Å². The van der Waals surface area contributed by atoms with E-state index in [4.69, 9.17) is 0 Å². The first kappa shape index (κ1) is 16.7. The summed E-state index contributed by atoms with van der Waals surface area (Å²) in [5.41, 5.74) is 0. The second-order valence-corrected chi connectivity index (χ2v) is 4.57. The Balaban J connectivity index is 3.67. The van der Waals surface area contributed by atoms with Crippen molar-refractivity contribution in [2.75, 3.05) is 0 Å². The van der Waals surface area contributed by atoms with Gasteiger partial charge >= 0.3 is 0 Å². The Labute approximate surface area is 108 Å². The first-order valence-corrected chi connectivity index (χ1v) is 6.50. The number of Topliss-reactive ketones (excluding diaryl/α,β-unsaturated/α-hetero) is 4. The molecule has 0 bridgehead atoms. The lowest BCUT2D eigenvalue weighted by molar-refractivity contribution is -0.126. The molecular weight excluding hydrogens is 232 g/mol. The average Bonchev–Trinajstić information content (AvgIpc) is 2.31. The van der Waals surface area contributed by atoms with Gasteiger partial charge in [-0.25, -0.2) is 0 Å². The van der Waals surface area contributed by atoms with Crippen LogP contribution in [-0.4, -0.2) is 23.1 Å². The van der Waals surface area contributed by atoms with E-state index in [0.29, 0.717) is 6.42 Å². The van der Waals surface area contributed by atoms with E-state index in [-0.39, 0.29) is 61.7 Å². The maximum absolute atomic E-state index is 11.4. The lowest BCUT2D eigenvalue weighted by Crippen LogP contribution is -2.07. The maximum atomic E-state index is 11.4. The van der Waals surface area contributed by atoms with Crippen LogP contribution < -0.4 is 0 Å². The topological polar surface area (TPSA) is 68.3 Å². The fraction of sp³-hybridized carbons (Fsp3) is 0.714. The second-order valence-electron chi connectivity index (χ2n) is 4.57. The van der Waals surface area contributed by atoms with Gasteiger partial charge in [0.25, 0.3) is 0 Å². The number of ketones is 4. The van der Waals surface area contributed by atoms with E-state index in [0.717, 1.165) is 6.42 Å². The van der Waals surface area contributed by atoms with Gasteiger partial charge in [0.15, 0.2) is 0 Å². The summed E-state index contributed by atoms with van der Waals surface area (Å²) in [5.74, 6) is -0.0114. The Morgan fingerprint density at radius 2 is 0.944 bits per heavy atom. The van der Waals surface area contributed by atoms with Gasteiger partial charge in [-0.3, -0.25) is 14.4 Å². The van der Waals surface area contributed by atoms with Gasteiger partial charge in [0.2, 0.25) is 0 Å². The van der Waals surface area contributed by atoms with Crippen LogP contribution in [0, 0.1) is 0 Å². The van der Waals surface area contributed by atoms with E-state index >= 15 is 0 Å². The standard InChI is InChI=1S/C14H22O4/c1-3-4-12(16)7-8-14(18)10-9-13(17)6-5-11(2)15/h3-10H2,1-2H3. The zero-order valence-corrected chi connectivity index (χ0v) is 11.3. The third kappa shape index (κ3) is 9.87. The molecule has 0 aromatic heterocycles. The molecule has 0 unspecified atom stereocenters. The fourth-order valence-electron chi connectivity index (χ4n) is 1.53. The molecule has 0 aromatic rings. The normalized spacial score (nSPS) is 10.1. The minimum atomic E-state index is -0.0570. The van der Waals surface area contributed by atoms with Gasteiger partial charge in [-0.05, 0) is 13.3 Å². The first-order valence-electron chi connectivity index (χ1n) is 6.50. The molecule has 0 heterocycles. The van der Waals surface area contributed by atoms with Gasteiger partial charge in [0.05, 0.1) is 0 Å². The Hall–Kier alpha value is -1.32. The SMILES string of the molecule is CCCC(=O)CCC(=O)CCC(=O)CCC(C)=O. The van der Waals surface area contributed by atoms with Crippen LogP contribution in [-0.2, 0) is 19.2 Å². The van der Waals surface area contributed by atoms with Crippen molar-refractivity contribution in [1.82, 2.24) is 0 Å². The van der Waals surface area contributed by atoms with E-state index in [1.807, 2.05) is 6.92 Å². The van der Waals surface area contributed by atoms with Crippen LogP contribution in [0.2, 0.25) is 0 Å². The van der Waals surface area contributed by atoms with Gasteiger partial charge in [-0.15, -0.1) is 0 Å². The molecule has 0 rings (SSSR count). The highest BCUT2D eigenvalue weighted by Crippen LogP contribution is 2.05. The molecule has 4 heteroatoms. The first-order chi connectivity index (χ1) is 8.45. The Morgan fingerprint density at radius 3 is 1.28 bits per heavy atom. The Bertz CT molecular complexity index is 318. The zero-order chi connectivity index (χ0) is 14.0. The van der Waals surface area contributed by atoms with E-state index in [2.05, 4.69) is 0 Å². The summed E-state index contributed by atoms with van der Waals surface area (Å²) in [4.78, 5) is 44.6. The van der Waals surface area contributed by atoms with E-state index in [1.165, 1.54) is 6.92 Å². The molecule has 0 radical (unpaired) electrons. The highest BCUT2D eigenvalue weighted by molar-refractivity contribution is 5.90. The fourth-order valence-corrected chi connectivity index (χ4v) is 1.53. The largest absolute Gasteiger partial charge is 0.300 e. The summed E-state index contributed by atoms with van der Waals surface area (Å²) >= 11 is 0. The minimum absolute atomic E-state index is 0.0140. The number of carbonyl (C=O) groups excluding carboxylic acids is 4. The number of rotatable bonds is 11. The molecule has 102 valence electrons. The molecule has 0 N–H and O–H groups in total. The summed E-state index contributed by atoms with van der Waals surface area (Å²) in [6.07, 6.45) is 2.69. The van der Waals surface area contributed by atoms with E-state index in [9.17, 15) is 19.2 Å². The Kier molecular flexibility index (Phi) is 8.97. The molecule has 0 aliphatic rings. The van der Waals surface area contributed by atoms with Crippen molar-refractivity contribution >= 4 is 23.1 Å². The summed E-state index contributed by atoms with van der Waals surface area (Å²) in [7, 11) is 0. The maximum Gasteiger partial charge on any atom is 0.133 e. The van der Waals surface area contributed by atoms with Gasteiger partial charge in [0.1, 0.15) is 23.1 Å². The van der Waals surface area contributed by atoms with Crippen molar-refractivity contribution < 1.29 is 19.2 Å². The van der Waals surface area contributed by atoms with Crippen LogP contribution >= 0.6 is 0 Å².